The van der Waals surface area contributed by atoms with E-state index in [0.717, 1.165) is 12.8 Å². The molecule has 0 saturated carbocycles. The number of urea groups is 1. The van der Waals surface area contributed by atoms with Crippen molar-refractivity contribution >= 4 is 11.7 Å². The van der Waals surface area contributed by atoms with Gasteiger partial charge in [-0.25, -0.2) is 4.79 Å². The summed E-state index contributed by atoms with van der Waals surface area (Å²) in [6.45, 7) is 0.869. The van der Waals surface area contributed by atoms with Gasteiger partial charge in [-0.05, 0) is 30.9 Å². The van der Waals surface area contributed by atoms with Gasteiger partial charge in [-0.15, -0.1) is 0 Å². The van der Waals surface area contributed by atoms with Gasteiger partial charge >= 0.3 is 12.2 Å². The smallest absolute Gasteiger partial charge is 0.422 e. The highest BCUT2D eigenvalue weighted by Crippen LogP contribution is 2.28. The van der Waals surface area contributed by atoms with Gasteiger partial charge in [0.05, 0.1) is 18.3 Å². The zero-order chi connectivity index (χ0) is 17.7. The quantitative estimate of drug-likeness (QED) is 0.880. The zero-order valence-electron chi connectivity index (χ0n) is 13.3. The molecule has 2 amide bonds. The number of nitrogens with zero attached hydrogens (tertiary/aromatic N) is 1. The number of amides is 2. The highest BCUT2D eigenvalue weighted by atomic mass is 19.4. The van der Waals surface area contributed by atoms with Gasteiger partial charge in [0, 0.05) is 6.54 Å². The molecular weight excluding hydrogens is 325 g/mol. The molecule has 2 rings (SSSR count). The van der Waals surface area contributed by atoms with E-state index in [1.54, 1.807) is 6.07 Å². The number of carbonyl (C=O) groups is 1. The van der Waals surface area contributed by atoms with E-state index >= 15 is 0 Å². The number of carbonyl (C=O) groups excluding carboxylic acids is 1. The number of ether oxygens (including phenoxy) is 1. The predicted octanol–water partition coefficient (Wildman–Crippen LogP) is 3.25. The van der Waals surface area contributed by atoms with Crippen LogP contribution in [0.5, 0.6) is 5.75 Å². The Hall–Kier alpha value is -1.96. The molecule has 2 N–H and O–H groups in total. The average molecular weight is 346 g/mol. The number of nitrogens with one attached hydrogen (secondary N) is 1. The molecule has 0 spiro atoms. The molecule has 0 aromatic heterocycles. The third kappa shape index (κ3) is 4.77. The van der Waals surface area contributed by atoms with Crippen LogP contribution in [0.15, 0.2) is 24.3 Å². The number of piperidine rings is 1. The summed E-state index contributed by atoms with van der Waals surface area (Å²) in [6.07, 6.45) is -2.72. The molecule has 5 nitrogen and oxygen atoms in total. The Labute approximate surface area is 138 Å². The first-order valence-corrected chi connectivity index (χ1v) is 7.79. The molecule has 2 atom stereocenters. The van der Waals surface area contributed by atoms with Crippen LogP contribution in [-0.2, 0) is 0 Å². The van der Waals surface area contributed by atoms with Crippen molar-refractivity contribution in [1.82, 2.24) is 4.90 Å². The Bertz CT molecular complexity index is 566. The standard InChI is InChI=1S/C16H21F3N2O3/c1-11-5-4-8-21(13(11)9-22)15(23)20-12-6-2-3-7-14(12)24-10-16(17,18)19/h2-3,6-7,11,13,22H,4-5,8-10H2,1H3,(H,20,23)/t11-,13+/m1/s1. The Kier molecular flexibility index (Phi) is 5.93. The lowest BCUT2D eigenvalue weighted by molar-refractivity contribution is -0.153. The van der Waals surface area contributed by atoms with Crippen molar-refractivity contribution in [1.29, 1.82) is 0 Å². The second kappa shape index (κ2) is 7.74. The van der Waals surface area contributed by atoms with Crippen LogP contribution in [0.3, 0.4) is 0 Å². The molecular formula is C16H21F3N2O3. The average Bonchev–Trinajstić information content (AvgIpc) is 2.53. The monoisotopic (exact) mass is 346 g/mol. The second-order valence-electron chi connectivity index (χ2n) is 5.89. The molecule has 0 unspecified atom stereocenters. The fourth-order valence-corrected chi connectivity index (χ4v) is 2.82. The Balaban J connectivity index is 2.08. The molecule has 1 aliphatic heterocycles. The first kappa shape index (κ1) is 18.4. The van der Waals surface area contributed by atoms with E-state index in [1.807, 2.05) is 6.92 Å². The van der Waals surface area contributed by atoms with Crippen LogP contribution in [0.25, 0.3) is 0 Å². The number of hydrogen-bond acceptors (Lipinski definition) is 3. The van der Waals surface area contributed by atoms with Gasteiger partial charge in [0.1, 0.15) is 5.75 Å². The van der Waals surface area contributed by atoms with Gasteiger partial charge in [0.2, 0.25) is 0 Å². The third-order valence-electron chi connectivity index (χ3n) is 4.08. The summed E-state index contributed by atoms with van der Waals surface area (Å²) < 4.78 is 41.7. The number of benzene rings is 1. The molecule has 1 aromatic carbocycles. The molecule has 134 valence electrons. The minimum Gasteiger partial charge on any atom is -0.482 e. The molecule has 1 heterocycles. The van der Waals surface area contributed by atoms with E-state index in [9.17, 15) is 23.1 Å². The third-order valence-corrected chi connectivity index (χ3v) is 4.08. The van der Waals surface area contributed by atoms with Crippen LogP contribution >= 0.6 is 0 Å². The molecule has 1 fully saturated rings. The topological polar surface area (TPSA) is 61.8 Å². The Morgan fingerprint density at radius 2 is 2.12 bits per heavy atom. The molecule has 8 heteroatoms. The first-order valence-electron chi connectivity index (χ1n) is 7.79. The molecule has 0 bridgehead atoms. The summed E-state index contributed by atoms with van der Waals surface area (Å²) >= 11 is 0. The van der Waals surface area contributed by atoms with Crippen LogP contribution in [0.4, 0.5) is 23.7 Å². The normalized spacial score (nSPS) is 21.5. The summed E-state index contributed by atoms with van der Waals surface area (Å²) in [5.74, 6) is 0.111. The number of alkyl halides is 3. The number of likely N-dealkylation sites (tertiary alicyclic amines) is 1. The number of hydrogen-bond donors (Lipinski definition) is 2. The van der Waals surface area contributed by atoms with Crippen molar-refractivity contribution in [2.24, 2.45) is 5.92 Å². The van der Waals surface area contributed by atoms with Crippen molar-refractivity contribution in [2.45, 2.75) is 32.0 Å². The largest absolute Gasteiger partial charge is 0.482 e. The number of para-hydroxylation sites is 2. The minimum atomic E-state index is -4.46. The lowest BCUT2D eigenvalue weighted by atomic mass is 9.91. The first-order chi connectivity index (χ1) is 11.3. The van der Waals surface area contributed by atoms with Crippen LogP contribution in [0.1, 0.15) is 19.8 Å². The maximum atomic E-state index is 12.5. The van der Waals surface area contributed by atoms with E-state index in [1.165, 1.54) is 23.1 Å². The molecule has 24 heavy (non-hydrogen) atoms. The number of halogens is 3. The van der Waals surface area contributed by atoms with E-state index in [0.29, 0.717) is 6.54 Å². The van der Waals surface area contributed by atoms with Gasteiger partial charge in [-0.2, -0.15) is 13.2 Å². The Morgan fingerprint density at radius 1 is 1.42 bits per heavy atom. The predicted molar refractivity (Wildman–Crippen MR) is 83.0 cm³/mol. The summed E-state index contributed by atoms with van der Waals surface area (Å²) in [5, 5.41) is 12.1. The van der Waals surface area contributed by atoms with E-state index in [-0.39, 0.29) is 30.0 Å². The lowest BCUT2D eigenvalue weighted by Gasteiger charge is -2.38. The van der Waals surface area contributed by atoms with E-state index in [2.05, 4.69) is 5.32 Å². The van der Waals surface area contributed by atoms with Gasteiger partial charge in [0.25, 0.3) is 0 Å². The lowest BCUT2D eigenvalue weighted by Crippen LogP contribution is -2.51. The van der Waals surface area contributed by atoms with E-state index in [4.69, 9.17) is 4.74 Å². The Morgan fingerprint density at radius 3 is 2.79 bits per heavy atom. The maximum Gasteiger partial charge on any atom is 0.422 e. The molecule has 1 aromatic rings. The summed E-state index contributed by atoms with van der Waals surface area (Å²) in [7, 11) is 0. The highest BCUT2D eigenvalue weighted by Gasteiger charge is 2.32. The summed E-state index contributed by atoms with van der Waals surface area (Å²) in [6, 6.07) is 5.21. The fraction of sp³-hybridized carbons (Fsp3) is 0.562. The van der Waals surface area contributed by atoms with Crippen molar-refractivity contribution in [2.75, 3.05) is 25.1 Å². The van der Waals surface area contributed by atoms with Crippen molar-refractivity contribution in [3.8, 4) is 5.75 Å². The second-order valence-corrected chi connectivity index (χ2v) is 5.89. The summed E-state index contributed by atoms with van der Waals surface area (Å²) in [4.78, 5) is 14.0. The molecule has 1 saturated heterocycles. The number of rotatable bonds is 4. The number of aliphatic hydroxyl groups is 1. The number of anilines is 1. The SMILES string of the molecule is C[C@@H]1CCCN(C(=O)Nc2ccccc2OCC(F)(F)F)[C@H]1CO. The zero-order valence-corrected chi connectivity index (χ0v) is 13.3. The van der Waals surface area contributed by atoms with Crippen LogP contribution in [0.2, 0.25) is 0 Å². The van der Waals surface area contributed by atoms with Gasteiger partial charge in [-0.1, -0.05) is 19.1 Å². The van der Waals surface area contributed by atoms with Gasteiger partial charge in [0.15, 0.2) is 6.61 Å². The molecule has 0 aliphatic carbocycles. The number of aliphatic hydroxyl groups excluding tert-OH is 1. The highest BCUT2D eigenvalue weighted by molar-refractivity contribution is 5.91. The van der Waals surface area contributed by atoms with Crippen molar-refractivity contribution < 1.29 is 27.8 Å². The van der Waals surface area contributed by atoms with Gasteiger partial charge in [-0.3, -0.25) is 0 Å². The minimum absolute atomic E-state index is 0.0474. The van der Waals surface area contributed by atoms with Crippen LogP contribution < -0.4 is 10.1 Å². The summed E-state index contributed by atoms with van der Waals surface area (Å²) in [5.41, 5.74) is 0.168. The van der Waals surface area contributed by atoms with Crippen molar-refractivity contribution in [3.05, 3.63) is 24.3 Å². The van der Waals surface area contributed by atoms with Gasteiger partial charge < -0.3 is 20.1 Å². The maximum absolute atomic E-state index is 12.5. The fourth-order valence-electron chi connectivity index (χ4n) is 2.82. The van der Waals surface area contributed by atoms with Crippen molar-refractivity contribution in [3.63, 3.8) is 0 Å². The van der Waals surface area contributed by atoms with Crippen LogP contribution in [-0.4, -0.2) is 48.0 Å². The molecule has 0 radical (unpaired) electrons. The van der Waals surface area contributed by atoms with E-state index < -0.39 is 18.8 Å². The molecule has 1 aliphatic rings. The van der Waals surface area contributed by atoms with Crippen LogP contribution in [0, 0.1) is 5.92 Å².